The smallest absolute Gasteiger partial charge is 0.0701 e. The Morgan fingerprint density at radius 3 is 1.17 bits per heavy atom. The molecule has 0 aromatic rings. The van der Waals surface area contributed by atoms with Crippen molar-refractivity contribution in [3.05, 3.63) is 0 Å². The highest BCUT2D eigenvalue weighted by Gasteiger charge is 1.90. The van der Waals surface area contributed by atoms with Crippen LogP contribution < -0.4 is 5.32 Å². The molecule has 0 fully saturated rings. The zero-order chi connectivity index (χ0) is 13.9. The van der Waals surface area contributed by atoms with Crippen molar-refractivity contribution in [1.29, 1.82) is 0 Å². The van der Waals surface area contributed by atoms with Crippen molar-refractivity contribution in [2.24, 2.45) is 0 Å². The van der Waals surface area contributed by atoms with Gasteiger partial charge in [0.1, 0.15) is 0 Å². The van der Waals surface area contributed by atoms with E-state index in [4.69, 9.17) is 14.2 Å². The van der Waals surface area contributed by atoms with Crippen LogP contribution in [0.2, 0.25) is 0 Å². The van der Waals surface area contributed by atoms with E-state index in [1.807, 2.05) is 14.1 Å². The van der Waals surface area contributed by atoms with Gasteiger partial charge in [-0.25, -0.2) is 0 Å². The molecular formula is C14H33NO3. The molecule has 0 amide bonds. The van der Waals surface area contributed by atoms with Gasteiger partial charge in [0.05, 0.1) is 26.4 Å². The maximum absolute atomic E-state index is 5.35. The molecule has 0 aromatic heterocycles. The average Bonchev–Trinajstić information content (AvgIpc) is 2.37. The molecule has 0 spiro atoms. The standard InChI is InChI=1S/C12H26O3.C2H7N/c1-3-5-7-13-9-11-15-12-10-14-8-6-4-2;1-3-2/h3-12H2,1-2H3;3H,1-2H3. The number of hydrogen-bond donors (Lipinski definition) is 1. The molecule has 0 heterocycles. The summed E-state index contributed by atoms with van der Waals surface area (Å²) in [4.78, 5) is 0. The minimum Gasteiger partial charge on any atom is -0.379 e. The molecule has 0 aromatic carbocycles. The highest BCUT2D eigenvalue weighted by molar-refractivity contribution is 4.36. The van der Waals surface area contributed by atoms with Crippen LogP contribution >= 0.6 is 0 Å². The molecule has 1 N–H and O–H groups in total. The first-order valence-corrected chi connectivity index (χ1v) is 7.15. The van der Waals surface area contributed by atoms with Gasteiger partial charge in [-0.05, 0) is 26.9 Å². The lowest BCUT2D eigenvalue weighted by atomic mass is 10.4. The minimum atomic E-state index is 0.681. The van der Waals surface area contributed by atoms with Crippen LogP contribution in [-0.2, 0) is 14.2 Å². The Hall–Kier alpha value is -0.160. The maximum atomic E-state index is 5.35. The zero-order valence-electron chi connectivity index (χ0n) is 12.8. The quantitative estimate of drug-likeness (QED) is 0.549. The second kappa shape index (κ2) is 22.1. The molecule has 0 saturated carbocycles. The summed E-state index contributed by atoms with van der Waals surface area (Å²) in [6, 6.07) is 0. The van der Waals surface area contributed by atoms with E-state index in [1.165, 1.54) is 12.8 Å². The summed E-state index contributed by atoms with van der Waals surface area (Å²) in [7, 11) is 3.75. The molecule has 0 radical (unpaired) electrons. The van der Waals surface area contributed by atoms with Crippen molar-refractivity contribution < 1.29 is 14.2 Å². The molecule has 18 heavy (non-hydrogen) atoms. The molecule has 0 saturated heterocycles. The summed E-state index contributed by atoms with van der Waals surface area (Å²) in [6.45, 7) is 8.80. The molecular weight excluding hydrogens is 230 g/mol. The zero-order valence-corrected chi connectivity index (χ0v) is 12.8. The van der Waals surface area contributed by atoms with Crippen molar-refractivity contribution >= 4 is 0 Å². The van der Waals surface area contributed by atoms with E-state index in [-0.39, 0.29) is 0 Å². The van der Waals surface area contributed by atoms with Crippen LogP contribution in [0.1, 0.15) is 39.5 Å². The molecule has 0 aliphatic rings. The van der Waals surface area contributed by atoms with Gasteiger partial charge in [0.15, 0.2) is 0 Å². The van der Waals surface area contributed by atoms with Gasteiger partial charge in [0.25, 0.3) is 0 Å². The van der Waals surface area contributed by atoms with Gasteiger partial charge in [-0.1, -0.05) is 26.7 Å². The number of rotatable bonds is 12. The Morgan fingerprint density at radius 2 is 0.889 bits per heavy atom. The summed E-state index contributed by atoms with van der Waals surface area (Å²) < 4.78 is 16.1. The fourth-order valence-corrected chi connectivity index (χ4v) is 1.03. The molecule has 0 unspecified atom stereocenters. The van der Waals surface area contributed by atoms with Crippen LogP contribution in [0.15, 0.2) is 0 Å². The van der Waals surface area contributed by atoms with Crippen molar-refractivity contribution in [3.63, 3.8) is 0 Å². The highest BCUT2D eigenvalue weighted by Crippen LogP contribution is 1.89. The van der Waals surface area contributed by atoms with Crippen LogP contribution in [0, 0.1) is 0 Å². The third-order valence-electron chi connectivity index (χ3n) is 2.03. The first-order chi connectivity index (χ1) is 8.83. The van der Waals surface area contributed by atoms with Crippen molar-refractivity contribution in [3.8, 4) is 0 Å². The van der Waals surface area contributed by atoms with Crippen molar-refractivity contribution in [2.45, 2.75) is 39.5 Å². The lowest BCUT2D eigenvalue weighted by Gasteiger charge is -2.06. The van der Waals surface area contributed by atoms with Gasteiger partial charge >= 0.3 is 0 Å². The Kier molecular flexibility index (Phi) is 24.7. The normalized spacial score (nSPS) is 10.0. The molecule has 0 bridgehead atoms. The molecule has 112 valence electrons. The Labute approximate surface area is 113 Å². The summed E-state index contributed by atoms with van der Waals surface area (Å²) in [6.07, 6.45) is 4.65. The van der Waals surface area contributed by atoms with Gasteiger partial charge in [-0.3, -0.25) is 0 Å². The van der Waals surface area contributed by atoms with Crippen molar-refractivity contribution in [1.82, 2.24) is 5.32 Å². The lowest BCUT2D eigenvalue weighted by molar-refractivity contribution is 0.0136. The second-order valence-electron chi connectivity index (χ2n) is 4.04. The van der Waals surface area contributed by atoms with Crippen LogP contribution in [0.5, 0.6) is 0 Å². The average molecular weight is 263 g/mol. The molecule has 0 aliphatic heterocycles. The van der Waals surface area contributed by atoms with E-state index in [0.717, 1.165) is 26.1 Å². The topological polar surface area (TPSA) is 39.7 Å². The second-order valence-corrected chi connectivity index (χ2v) is 4.04. The third kappa shape index (κ3) is 24.9. The number of hydrogen-bond acceptors (Lipinski definition) is 4. The van der Waals surface area contributed by atoms with Crippen LogP contribution in [0.25, 0.3) is 0 Å². The fourth-order valence-electron chi connectivity index (χ4n) is 1.03. The van der Waals surface area contributed by atoms with E-state index < -0.39 is 0 Å². The molecule has 0 rings (SSSR count). The van der Waals surface area contributed by atoms with Crippen LogP contribution in [0.4, 0.5) is 0 Å². The minimum absolute atomic E-state index is 0.681. The van der Waals surface area contributed by atoms with Gasteiger partial charge in [-0.15, -0.1) is 0 Å². The van der Waals surface area contributed by atoms with Gasteiger partial charge in [0.2, 0.25) is 0 Å². The fraction of sp³-hybridized carbons (Fsp3) is 1.00. The Balaban J connectivity index is 0. The SMILES string of the molecule is CCCCOCCOCCOCCCC.CNC. The van der Waals surface area contributed by atoms with Gasteiger partial charge in [0, 0.05) is 13.2 Å². The largest absolute Gasteiger partial charge is 0.379 e. The van der Waals surface area contributed by atoms with Gasteiger partial charge in [-0.2, -0.15) is 0 Å². The van der Waals surface area contributed by atoms with E-state index in [9.17, 15) is 0 Å². The third-order valence-corrected chi connectivity index (χ3v) is 2.03. The summed E-state index contributed by atoms with van der Waals surface area (Å²) in [5, 5.41) is 2.75. The Bertz CT molecular complexity index is 112. The van der Waals surface area contributed by atoms with E-state index in [2.05, 4.69) is 19.2 Å². The maximum Gasteiger partial charge on any atom is 0.0701 e. The Morgan fingerprint density at radius 1 is 0.611 bits per heavy atom. The lowest BCUT2D eigenvalue weighted by Crippen LogP contribution is -2.10. The van der Waals surface area contributed by atoms with E-state index >= 15 is 0 Å². The van der Waals surface area contributed by atoms with Crippen LogP contribution in [0.3, 0.4) is 0 Å². The molecule has 0 atom stereocenters. The van der Waals surface area contributed by atoms with E-state index in [0.29, 0.717) is 26.4 Å². The highest BCUT2D eigenvalue weighted by atomic mass is 16.5. The van der Waals surface area contributed by atoms with Gasteiger partial charge < -0.3 is 19.5 Å². The summed E-state index contributed by atoms with van der Waals surface area (Å²) in [5.41, 5.74) is 0. The predicted molar refractivity (Wildman–Crippen MR) is 77.3 cm³/mol. The number of nitrogens with one attached hydrogen (secondary N) is 1. The predicted octanol–water partition coefficient (Wildman–Crippen LogP) is 2.47. The number of unbranched alkanes of at least 4 members (excludes halogenated alkanes) is 2. The molecule has 0 aliphatic carbocycles. The summed E-state index contributed by atoms with van der Waals surface area (Å²) >= 11 is 0. The number of ether oxygens (including phenoxy) is 3. The van der Waals surface area contributed by atoms with Crippen molar-refractivity contribution in [2.75, 3.05) is 53.7 Å². The monoisotopic (exact) mass is 263 g/mol. The van der Waals surface area contributed by atoms with Crippen LogP contribution in [-0.4, -0.2) is 53.7 Å². The molecule has 4 nitrogen and oxygen atoms in total. The van der Waals surface area contributed by atoms with E-state index in [1.54, 1.807) is 0 Å². The molecule has 4 heteroatoms. The summed E-state index contributed by atoms with van der Waals surface area (Å²) in [5.74, 6) is 0. The first-order valence-electron chi connectivity index (χ1n) is 7.15. The first kappa shape index (κ1) is 20.2.